The van der Waals surface area contributed by atoms with Gasteiger partial charge in [0, 0.05) is 24.7 Å². The summed E-state index contributed by atoms with van der Waals surface area (Å²) in [5, 5.41) is 5.30. The molecule has 4 aromatic rings. The molecule has 0 aliphatic heterocycles. The SMILES string of the molecule is Cn1ccc2c3ccccc3c3ccc[n+](C)c3c21. The van der Waals surface area contributed by atoms with Crippen molar-refractivity contribution in [2.24, 2.45) is 14.1 Å². The van der Waals surface area contributed by atoms with Crippen molar-refractivity contribution in [3.8, 4) is 0 Å². The number of nitrogens with zero attached hydrogens (tertiary/aromatic N) is 2. The van der Waals surface area contributed by atoms with Crippen LogP contribution in [0.15, 0.2) is 54.9 Å². The predicted molar refractivity (Wildman–Crippen MR) is 79.1 cm³/mol. The third kappa shape index (κ3) is 1.28. The van der Waals surface area contributed by atoms with Crippen LogP contribution in [0.25, 0.3) is 32.6 Å². The molecular formula is C17H15N2+. The lowest BCUT2D eigenvalue weighted by atomic mass is 10.0. The molecule has 0 bridgehead atoms. The Morgan fingerprint density at radius 3 is 2.32 bits per heavy atom. The summed E-state index contributed by atoms with van der Waals surface area (Å²) in [5.74, 6) is 0. The van der Waals surface area contributed by atoms with Gasteiger partial charge in [0.2, 0.25) is 5.52 Å². The van der Waals surface area contributed by atoms with Crippen LogP contribution in [0.4, 0.5) is 0 Å². The Morgan fingerprint density at radius 1 is 0.842 bits per heavy atom. The fourth-order valence-corrected chi connectivity index (χ4v) is 3.12. The average molecular weight is 247 g/mol. The second-order valence-electron chi connectivity index (χ2n) is 5.12. The lowest BCUT2D eigenvalue weighted by Crippen LogP contribution is -2.28. The zero-order chi connectivity index (χ0) is 13.0. The van der Waals surface area contributed by atoms with Crippen molar-refractivity contribution < 1.29 is 4.57 Å². The third-order valence-corrected chi connectivity index (χ3v) is 3.98. The van der Waals surface area contributed by atoms with Crippen LogP contribution in [0.5, 0.6) is 0 Å². The van der Waals surface area contributed by atoms with Gasteiger partial charge in [-0.3, -0.25) is 0 Å². The van der Waals surface area contributed by atoms with E-state index in [0.29, 0.717) is 0 Å². The van der Waals surface area contributed by atoms with Gasteiger partial charge < -0.3 is 4.57 Å². The highest BCUT2D eigenvalue weighted by Gasteiger charge is 2.16. The Bertz CT molecular complexity index is 932. The number of hydrogen-bond acceptors (Lipinski definition) is 0. The molecule has 2 heterocycles. The molecule has 0 saturated carbocycles. The van der Waals surface area contributed by atoms with E-state index in [4.69, 9.17) is 0 Å². The van der Waals surface area contributed by atoms with Crippen LogP contribution in [0.3, 0.4) is 0 Å². The van der Waals surface area contributed by atoms with E-state index < -0.39 is 0 Å². The van der Waals surface area contributed by atoms with Gasteiger partial charge in [0.1, 0.15) is 12.6 Å². The van der Waals surface area contributed by atoms with Gasteiger partial charge in [0.15, 0.2) is 6.20 Å². The Labute approximate surface area is 111 Å². The largest absolute Gasteiger partial charge is 0.345 e. The molecule has 0 spiro atoms. The van der Waals surface area contributed by atoms with Crippen LogP contribution in [0.1, 0.15) is 0 Å². The summed E-state index contributed by atoms with van der Waals surface area (Å²) in [6, 6.07) is 15.2. The first-order chi connectivity index (χ1) is 9.27. The molecule has 2 aromatic carbocycles. The molecule has 19 heavy (non-hydrogen) atoms. The molecule has 4 rings (SSSR count). The minimum atomic E-state index is 1.30. The summed E-state index contributed by atoms with van der Waals surface area (Å²) >= 11 is 0. The van der Waals surface area contributed by atoms with Gasteiger partial charge in [-0.1, -0.05) is 24.3 Å². The topological polar surface area (TPSA) is 8.81 Å². The number of hydrogen-bond donors (Lipinski definition) is 0. The van der Waals surface area contributed by atoms with Crippen LogP contribution >= 0.6 is 0 Å². The molecule has 2 aromatic heterocycles. The van der Waals surface area contributed by atoms with E-state index in [9.17, 15) is 0 Å². The predicted octanol–water partition coefficient (Wildman–Crippen LogP) is 3.31. The first-order valence-corrected chi connectivity index (χ1v) is 6.51. The summed E-state index contributed by atoms with van der Waals surface area (Å²) in [4.78, 5) is 0. The van der Waals surface area contributed by atoms with Crippen molar-refractivity contribution in [1.29, 1.82) is 0 Å². The molecule has 0 atom stereocenters. The maximum atomic E-state index is 2.21. The molecule has 92 valence electrons. The van der Waals surface area contributed by atoms with E-state index in [1.165, 1.54) is 32.6 Å². The number of benzene rings is 2. The van der Waals surface area contributed by atoms with E-state index >= 15 is 0 Å². The summed E-state index contributed by atoms with van der Waals surface area (Å²) < 4.78 is 4.42. The highest BCUT2D eigenvalue weighted by atomic mass is 15.0. The number of aromatic nitrogens is 2. The third-order valence-electron chi connectivity index (χ3n) is 3.98. The first kappa shape index (κ1) is 10.6. The highest BCUT2D eigenvalue weighted by Crippen LogP contribution is 2.33. The molecule has 0 saturated heterocycles. The molecule has 0 aliphatic rings. The Kier molecular flexibility index (Phi) is 1.99. The molecule has 0 aliphatic carbocycles. The molecule has 0 fully saturated rings. The van der Waals surface area contributed by atoms with Gasteiger partial charge in [0.05, 0.1) is 5.39 Å². The van der Waals surface area contributed by atoms with Gasteiger partial charge in [-0.15, -0.1) is 0 Å². The van der Waals surface area contributed by atoms with E-state index in [1.54, 1.807) is 0 Å². The monoisotopic (exact) mass is 247 g/mol. The van der Waals surface area contributed by atoms with E-state index in [1.807, 2.05) is 0 Å². The smallest absolute Gasteiger partial charge is 0.237 e. The first-order valence-electron chi connectivity index (χ1n) is 6.51. The van der Waals surface area contributed by atoms with E-state index in [2.05, 4.69) is 78.1 Å². The van der Waals surface area contributed by atoms with Crippen molar-refractivity contribution in [2.75, 3.05) is 0 Å². The zero-order valence-corrected chi connectivity index (χ0v) is 11.1. The standard InChI is InChI=1S/C17H15N2/c1-18-10-5-8-14-12-6-3-4-7-13(12)15-9-11-19(2)17(15)16(14)18/h3-11H,1-2H3/q+1. The second-order valence-corrected chi connectivity index (χ2v) is 5.12. The maximum Gasteiger partial charge on any atom is 0.237 e. The quantitative estimate of drug-likeness (QED) is 0.333. The number of rotatable bonds is 0. The molecule has 0 N–H and O–H groups in total. The summed E-state index contributed by atoms with van der Waals surface area (Å²) in [7, 11) is 4.23. The molecule has 2 heteroatoms. The normalized spacial score (nSPS) is 11.7. The Hall–Kier alpha value is -2.35. The number of aryl methyl sites for hydroxylation is 2. The fourth-order valence-electron chi connectivity index (χ4n) is 3.12. The highest BCUT2D eigenvalue weighted by molar-refractivity contribution is 6.22. The summed E-state index contributed by atoms with van der Waals surface area (Å²) in [6.07, 6.45) is 4.26. The number of pyridine rings is 1. The Morgan fingerprint density at radius 2 is 1.53 bits per heavy atom. The van der Waals surface area contributed by atoms with Gasteiger partial charge in [0.25, 0.3) is 0 Å². The summed E-state index contributed by atoms with van der Waals surface area (Å²) in [5.41, 5.74) is 2.60. The Balaban J connectivity index is 2.49. The van der Waals surface area contributed by atoms with Crippen LogP contribution in [0.2, 0.25) is 0 Å². The van der Waals surface area contributed by atoms with Gasteiger partial charge in [-0.05, 0) is 22.9 Å². The average Bonchev–Trinajstić information content (AvgIpc) is 2.82. The van der Waals surface area contributed by atoms with E-state index in [0.717, 1.165) is 0 Å². The maximum absolute atomic E-state index is 2.21. The fraction of sp³-hybridized carbons (Fsp3) is 0.118. The van der Waals surface area contributed by atoms with Crippen molar-refractivity contribution in [3.63, 3.8) is 0 Å². The van der Waals surface area contributed by atoms with Gasteiger partial charge in [-0.2, -0.15) is 4.57 Å². The van der Waals surface area contributed by atoms with Gasteiger partial charge in [-0.25, -0.2) is 0 Å². The van der Waals surface area contributed by atoms with Crippen LogP contribution in [0, 0.1) is 0 Å². The van der Waals surface area contributed by atoms with Crippen molar-refractivity contribution >= 4 is 32.6 Å². The lowest BCUT2D eigenvalue weighted by molar-refractivity contribution is -0.644. The lowest BCUT2D eigenvalue weighted by Gasteiger charge is -2.06. The van der Waals surface area contributed by atoms with Crippen LogP contribution in [-0.4, -0.2) is 4.57 Å². The number of fused-ring (bicyclic) bond motifs is 6. The van der Waals surface area contributed by atoms with Crippen LogP contribution < -0.4 is 4.57 Å². The second kappa shape index (κ2) is 3.58. The molecule has 2 nitrogen and oxygen atoms in total. The zero-order valence-electron chi connectivity index (χ0n) is 11.1. The molecule has 0 unspecified atom stereocenters. The summed E-state index contributed by atoms with van der Waals surface area (Å²) in [6.45, 7) is 0. The van der Waals surface area contributed by atoms with Crippen molar-refractivity contribution in [2.45, 2.75) is 0 Å². The molecular weight excluding hydrogens is 232 g/mol. The van der Waals surface area contributed by atoms with Crippen LogP contribution in [-0.2, 0) is 14.1 Å². The van der Waals surface area contributed by atoms with Crippen molar-refractivity contribution in [1.82, 2.24) is 4.57 Å². The van der Waals surface area contributed by atoms with Crippen molar-refractivity contribution in [3.05, 3.63) is 54.9 Å². The minimum absolute atomic E-state index is 1.30. The minimum Gasteiger partial charge on any atom is -0.345 e. The molecule has 0 radical (unpaired) electrons. The van der Waals surface area contributed by atoms with Gasteiger partial charge >= 0.3 is 0 Å². The van der Waals surface area contributed by atoms with E-state index in [-0.39, 0.29) is 0 Å². The molecule has 0 amide bonds.